The standard InChI is InChI=1S/C9H11F2NO/c1-9(2,13)6-3-4-12-7(5-6)8(10)11/h3-5,8,13H,1-2H3. The summed E-state index contributed by atoms with van der Waals surface area (Å²) in [5, 5.41) is 9.52. The van der Waals surface area contributed by atoms with Gasteiger partial charge < -0.3 is 5.11 Å². The molecule has 0 radical (unpaired) electrons. The number of aliphatic hydroxyl groups is 1. The van der Waals surface area contributed by atoms with Crippen molar-refractivity contribution in [1.82, 2.24) is 4.98 Å². The first-order valence-electron chi connectivity index (χ1n) is 3.88. The van der Waals surface area contributed by atoms with E-state index in [4.69, 9.17) is 0 Å². The van der Waals surface area contributed by atoms with Gasteiger partial charge in [-0.1, -0.05) is 0 Å². The predicted molar refractivity (Wildman–Crippen MR) is 44.4 cm³/mol. The highest BCUT2D eigenvalue weighted by atomic mass is 19.3. The summed E-state index contributed by atoms with van der Waals surface area (Å²) in [4.78, 5) is 3.49. The number of aromatic nitrogens is 1. The quantitative estimate of drug-likeness (QED) is 0.770. The molecule has 0 atom stereocenters. The van der Waals surface area contributed by atoms with Crippen LogP contribution in [0, 0.1) is 0 Å². The molecule has 1 aromatic heterocycles. The van der Waals surface area contributed by atoms with Crippen molar-refractivity contribution < 1.29 is 13.9 Å². The summed E-state index contributed by atoms with van der Waals surface area (Å²) >= 11 is 0. The second kappa shape index (κ2) is 3.38. The monoisotopic (exact) mass is 187 g/mol. The lowest BCUT2D eigenvalue weighted by molar-refractivity contribution is 0.0777. The van der Waals surface area contributed by atoms with E-state index in [0.29, 0.717) is 5.56 Å². The van der Waals surface area contributed by atoms with Crippen LogP contribution in [0.5, 0.6) is 0 Å². The van der Waals surface area contributed by atoms with Gasteiger partial charge in [0.15, 0.2) is 0 Å². The lowest BCUT2D eigenvalue weighted by Gasteiger charge is -2.17. The van der Waals surface area contributed by atoms with E-state index in [9.17, 15) is 13.9 Å². The summed E-state index contributed by atoms with van der Waals surface area (Å²) in [5.41, 5.74) is -0.968. The van der Waals surface area contributed by atoms with Gasteiger partial charge in [0.25, 0.3) is 6.43 Å². The zero-order valence-corrected chi connectivity index (χ0v) is 7.46. The Morgan fingerprint density at radius 1 is 1.46 bits per heavy atom. The molecule has 0 amide bonds. The molecule has 0 aliphatic carbocycles. The first kappa shape index (κ1) is 10.1. The zero-order chi connectivity index (χ0) is 10.1. The van der Waals surface area contributed by atoms with Crippen molar-refractivity contribution in [1.29, 1.82) is 0 Å². The van der Waals surface area contributed by atoms with Crippen molar-refractivity contribution in [3.05, 3.63) is 29.6 Å². The second-order valence-corrected chi connectivity index (χ2v) is 3.33. The Morgan fingerprint density at radius 2 is 2.08 bits per heavy atom. The van der Waals surface area contributed by atoms with Crippen LogP contribution in [0.15, 0.2) is 18.3 Å². The van der Waals surface area contributed by atoms with Gasteiger partial charge in [0, 0.05) is 6.20 Å². The predicted octanol–water partition coefficient (Wildman–Crippen LogP) is 2.25. The number of hydrogen-bond acceptors (Lipinski definition) is 2. The summed E-state index contributed by atoms with van der Waals surface area (Å²) in [7, 11) is 0. The van der Waals surface area contributed by atoms with E-state index in [0.717, 1.165) is 0 Å². The third-order valence-electron chi connectivity index (χ3n) is 1.71. The molecule has 0 unspecified atom stereocenters. The van der Waals surface area contributed by atoms with Crippen molar-refractivity contribution in [2.75, 3.05) is 0 Å². The van der Waals surface area contributed by atoms with Gasteiger partial charge >= 0.3 is 0 Å². The summed E-state index contributed by atoms with van der Waals surface area (Å²) in [6.07, 6.45) is -1.32. The van der Waals surface area contributed by atoms with Gasteiger partial charge in [-0.25, -0.2) is 8.78 Å². The molecule has 0 saturated carbocycles. The lowest BCUT2D eigenvalue weighted by atomic mass is 9.99. The van der Waals surface area contributed by atoms with Crippen LogP contribution in [0.4, 0.5) is 8.78 Å². The Morgan fingerprint density at radius 3 is 2.54 bits per heavy atom. The normalized spacial score (nSPS) is 12.2. The molecule has 1 heterocycles. The van der Waals surface area contributed by atoms with Gasteiger partial charge in [0.1, 0.15) is 5.69 Å². The zero-order valence-electron chi connectivity index (χ0n) is 7.46. The number of hydrogen-bond donors (Lipinski definition) is 1. The van der Waals surface area contributed by atoms with Gasteiger partial charge in [0.05, 0.1) is 5.60 Å². The average molecular weight is 187 g/mol. The average Bonchev–Trinajstić information content (AvgIpc) is 2.03. The van der Waals surface area contributed by atoms with Gasteiger partial charge in [-0.3, -0.25) is 4.98 Å². The molecule has 72 valence electrons. The molecule has 0 fully saturated rings. The van der Waals surface area contributed by atoms with Crippen LogP contribution < -0.4 is 0 Å². The van der Waals surface area contributed by atoms with Crippen molar-refractivity contribution in [2.24, 2.45) is 0 Å². The maximum atomic E-state index is 12.2. The minimum atomic E-state index is -2.60. The molecule has 1 rings (SSSR count). The van der Waals surface area contributed by atoms with Crippen molar-refractivity contribution >= 4 is 0 Å². The molecule has 0 aliphatic heterocycles. The number of rotatable bonds is 2. The number of nitrogens with zero attached hydrogens (tertiary/aromatic N) is 1. The van der Waals surface area contributed by atoms with Crippen LogP contribution in [0.1, 0.15) is 31.5 Å². The van der Waals surface area contributed by atoms with E-state index in [2.05, 4.69) is 4.98 Å². The first-order chi connectivity index (χ1) is 5.91. The van der Waals surface area contributed by atoms with E-state index in [1.165, 1.54) is 32.2 Å². The highest BCUT2D eigenvalue weighted by Gasteiger charge is 2.18. The maximum Gasteiger partial charge on any atom is 0.280 e. The van der Waals surface area contributed by atoms with Crippen molar-refractivity contribution in [2.45, 2.75) is 25.9 Å². The summed E-state index contributed by atoms with van der Waals surface area (Å²) in [6, 6.07) is 2.73. The van der Waals surface area contributed by atoms with Gasteiger partial charge in [-0.05, 0) is 31.5 Å². The molecular weight excluding hydrogens is 176 g/mol. The Labute approximate surface area is 75.2 Å². The van der Waals surface area contributed by atoms with E-state index < -0.39 is 12.0 Å². The summed E-state index contributed by atoms with van der Waals surface area (Å²) in [5.74, 6) is 0. The minimum absolute atomic E-state index is 0.306. The number of alkyl halides is 2. The van der Waals surface area contributed by atoms with E-state index >= 15 is 0 Å². The Bertz CT molecular complexity index is 294. The van der Waals surface area contributed by atoms with E-state index in [1.54, 1.807) is 0 Å². The first-order valence-corrected chi connectivity index (χ1v) is 3.88. The molecule has 1 N–H and O–H groups in total. The summed E-state index contributed by atoms with van der Waals surface area (Å²) < 4.78 is 24.4. The highest BCUT2D eigenvalue weighted by molar-refractivity contribution is 5.22. The fraction of sp³-hybridized carbons (Fsp3) is 0.444. The third-order valence-corrected chi connectivity index (χ3v) is 1.71. The minimum Gasteiger partial charge on any atom is -0.386 e. The van der Waals surface area contributed by atoms with E-state index in [1.807, 2.05) is 0 Å². The SMILES string of the molecule is CC(C)(O)c1ccnc(C(F)F)c1. The smallest absolute Gasteiger partial charge is 0.280 e. The number of halogens is 2. The van der Waals surface area contributed by atoms with Crippen LogP contribution >= 0.6 is 0 Å². The molecule has 2 nitrogen and oxygen atoms in total. The molecule has 0 aromatic carbocycles. The molecule has 1 aromatic rings. The molecule has 0 saturated heterocycles. The van der Waals surface area contributed by atoms with Crippen LogP contribution in [0.25, 0.3) is 0 Å². The van der Waals surface area contributed by atoms with E-state index in [-0.39, 0.29) is 5.69 Å². The fourth-order valence-electron chi connectivity index (χ4n) is 0.948. The Hall–Kier alpha value is -1.03. The fourth-order valence-corrected chi connectivity index (χ4v) is 0.948. The second-order valence-electron chi connectivity index (χ2n) is 3.33. The third kappa shape index (κ3) is 2.45. The van der Waals surface area contributed by atoms with Gasteiger partial charge in [0.2, 0.25) is 0 Å². The van der Waals surface area contributed by atoms with Crippen molar-refractivity contribution in [3.8, 4) is 0 Å². The lowest BCUT2D eigenvalue weighted by Crippen LogP contribution is -2.15. The highest BCUT2D eigenvalue weighted by Crippen LogP contribution is 2.23. The van der Waals surface area contributed by atoms with Crippen LogP contribution in [0.2, 0.25) is 0 Å². The van der Waals surface area contributed by atoms with Gasteiger partial charge in [-0.15, -0.1) is 0 Å². The summed E-state index contributed by atoms with van der Waals surface area (Å²) in [6.45, 7) is 3.08. The van der Waals surface area contributed by atoms with Gasteiger partial charge in [-0.2, -0.15) is 0 Å². The Balaban J connectivity index is 3.06. The van der Waals surface area contributed by atoms with Crippen LogP contribution in [0.3, 0.4) is 0 Å². The molecule has 0 spiro atoms. The van der Waals surface area contributed by atoms with Crippen LogP contribution in [-0.2, 0) is 5.60 Å². The maximum absolute atomic E-state index is 12.2. The molecule has 0 bridgehead atoms. The van der Waals surface area contributed by atoms with Crippen LogP contribution in [-0.4, -0.2) is 10.1 Å². The van der Waals surface area contributed by atoms with Crippen molar-refractivity contribution in [3.63, 3.8) is 0 Å². The largest absolute Gasteiger partial charge is 0.386 e. The molecular formula is C9H11F2NO. The molecule has 4 heteroatoms. The Kier molecular flexibility index (Phi) is 2.61. The molecule has 13 heavy (non-hydrogen) atoms. The molecule has 0 aliphatic rings. The topological polar surface area (TPSA) is 33.1 Å². The number of pyridine rings is 1.